The number of hydrogen-bond donors (Lipinski definition) is 0. The molecule has 148 valence electrons. The van der Waals surface area contributed by atoms with Crippen molar-refractivity contribution in [1.82, 2.24) is 4.90 Å². The van der Waals surface area contributed by atoms with Gasteiger partial charge in [-0.05, 0) is 50.5 Å². The fraction of sp³-hybridized carbons (Fsp3) is 0.571. The molecular formula is C21H29NO5. The summed E-state index contributed by atoms with van der Waals surface area (Å²) < 4.78 is 22.3. The second-order valence-corrected chi connectivity index (χ2v) is 7.18. The summed E-state index contributed by atoms with van der Waals surface area (Å²) in [5.41, 5.74) is 0.902. The number of benzene rings is 1. The third kappa shape index (κ3) is 5.23. The van der Waals surface area contributed by atoms with Gasteiger partial charge in [0.05, 0.1) is 26.4 Å². The molecule has 1 aromatic carbocycles. The largest absolute Gasteiger partial charge is 0.493 e. The maximum Gasteiger partial charge on any atom is 0.246 e. The van der Waals surface area contributed by atoms with Gasteiger partial charge in [0.1, 0.15) is 0 Å². The van der Waals surface area contributed by atoms with Gasteiger partial charge in [-0.1, -0.05) is 6.07 Å². The number of hydrogen-bond acceptors (Lipinski definition) is 5. The summed E-state index contributed by atoms with van der Waals surface area (Å²) in [6.07, 6.45) is 5.26. The molecule has 0 unspecified atom stereocenters. The number of rotatable bonds is 6. The van der Waals surface area contributed by atoms with Gasteiger partial charge in [0.15, 0.2) is 17.8 Å². The van der Waals surface area contributed by atoms with E-state index in [1.807, 2.05) is 43.0 Å². The summed E-state index contributed by atoms with van der Waals surface area (Å²) in [5.74, 6) is 1.78. The Bertz CT molecular complexity index is 659. The molecule has 2 aliphatic heterocycles. The average Bonchev–Trinajstić information content (AvgIpc) is 3.21. The van der Waals surface area contributed by atoms with Crippen LogP contribution in [0.3, 0.4) is 0 Å². The monoisotopic (exact) mass is 375 g/mol. The van der Waals surface area contributed by atoms with Gasteiger partial charge in [-0.15, -0.1) is 0 Å². The van der Waals surface area contributed by atoms with Crippen molar-refractivity contribution in [2.45, 2.75) is 39.1 Å². The van der Waals surface area contributed by atoms with E-state index in [0.29, 0.717) is 30.6 Å². The van der Waals surface area contributed by atoms with E-state index in [1.165, 1.54) is 0 Å². The van der Waals surface area contributed by atoms with Gasteiger partial charge in [-0.2, -0.15) is 0 Å². The smallest absolute Gasteiger partial charge is 0.246 e. The lowest BCUT2D eigenvalue weighted by Crippen LogP contribution is -2.40. The predicted molar refractivity (Wildman–Crippen MR) is 103 cm³/mol. The Morgan fingerprint density at radius 3 is 2.52 bits per heavy atom. The van der Waals surface area contributed by atoms with Gasteiger partial charge in [-0.3, -0.25) is 4.79 Å². The van der Waals surface area contributed by atoms with Crippen molar-refractivity contribution in [2.24, 2.45) is 5.92 Å². The Labute approximate surface area is 161 Å². The highest BCUT2D eigenvalue weighted by molar-refractivity contribution is 5.91. The van der Waals surface area contributed by atoms with Crippen molar-refractivity contribution < 1.29 is 23.7 Å². The first-order valence-electron chi connectivity index (χ1n) is 9.61. The number of carbonyl (C=O) groups excluding carboxylic acids is 1. The minimum Gasteiger partial charge on any atom is -0.493 e. The molecule has 2 heterocycles. The van der Waals surface area contributed by atoms with Crippen LogP contribution < -0.4 is 9.47 Å². The molecular weight excluding hydrogens is 346 g/mol. The highest BCUT2D eigenvalue weighted by Gasteiger charge is 2.31. The van der Waals surface area contributed by atoms with Gasteiger partial charge in [-0.25, -0.2) is 0 Å². The molecule has 2 saturated heterocycles. The Morgan fingerprint density at radius 1 is 1.19 bits per heavy atom. The fourth-order valence-corrected chi connectivity index (χ4v) is 3.45. The average molecular weight is 375 g/mol. The molecule has 0 aliphatic carbocycles. The summed E-state index contributed by atoms with van der Waals surface area (Å²) in [6.45, 7) is 6.78. The minimum atomic E-state index is -0.0863. The summed E-state index contributed by atoms with van der Waals surface area (Å²) in [4.78, 5) is 14.4. The molecule has 0 spiro atoms. The molecule has 27 heavy (non-hydrogen) atoms. The standard InChI is InChI=1S/C21H29NO5/c1-15(2)27-18-6-4-16(14-19(18)24-3)5-7-20(23)22-10-8-17(9-11-22)21-25-12-13-26-21/h4-7,14-15,17,21H,8-13H2,1-3H3/b7-5+. The summed E-state index contributed by atoms with van der Waals surface area (Å²) >= 11 is 0. The van der Waals surface area contributed by atoms with E-state index in [9.17, 15) is 4.79 Å². The van der Waals surface area contributed by atoms with E-state index in [1.54, 1.807) is 13.2 Å². The first-order valence-corrected chi connectivity index (χ1v) is 9.61. The Hall–Kier alpha value is -2.05. The first-order chi connectivity index (χ1) is 13.1. The Balaban J connectivity index is 1.55. The number of likely N-dealkylation sites (tertiary alicyclic amines) is 1. The molecule has 0 N–H and O–H groups in total. The van der Waals surface area contributed by atoms with Crippen LogP contribution in [0.15, 0.2) is 24.3 Å². The highest BCUT2D eigenvalue weighted by atomic mass is 16.7. The second-order valence-electron chi connectivity index (χ2n) is 7.18. The number of ether oxygens (including phenoxy) is 4. The van der Waals surface area contributed by atoms with Crippen LogP contribution in [-0.4, -0.2) is 56.6 Å². The van der Waals surface area contributed by atoms with Crippen molar-refractivity contribution in [3.63, 3.8) is 0 Å². The normalized spacial score (nSPS) is 19.2. The third-order valence-corrected chi connectivity index (χ3v) is 4.85. The minimum absolute atomic E-state index is 0.0307. The van der Waals surface area contributed by atoms with Crippen molar-refractivity contribution >= 4 is 12.0 Å². The molecule has 6 heteroatoms. The maximum atomic E-state index is 12.5. The van der Waals surface area contributed by atoms with Crippen molar-refractivity contribution in [3.8, 4) is 11.5 Å². The molecule has 1 amide bonds. The SMILES string of the molecule is COc1cc(/C=C/C(=O)N2CCC(C3OCCO3)CC2)ccc1OC(C)C. The Kier molecular flexibility index (Phi) is 6.74. The summed E-state index contributed by atoms with van der Waals surface area (Å²) in [6, 6.07) is 5.67. The highest BCUT2D eigenvalue weighted by Crippen LogP contribution is 2.30. The van der Waals surface area contributed by atoms with Gasteiger partial charge in [0.25, 0.3) is 0 Å². The zero-order valence-electron chi connectivity index (χ0n) is 16.3. The van der Waals surface area contributed by atoms with Crippen molar-refractivity contribution in [1.29, 1.82) is 0 Å². The lowest BCUT2D eigenvalue weighted by atomic mass is 9.96. The zero-order chi connectivity index (χ0) is 19.2. The zero-order valence-corrected chi connectivity index (χ0v) is 16.3. The summed E-state index contributed by atoms with van der Waals surface area (Å²) in [5, 5.41) is 0. The van der Waals surface area contributed by atoms with Gasteiger partial charge in [0, 0.05) is 25.1 Å². The van der Waals surface area contributed by atoms with E-state index >= 15 is 0 Å². The molecule has 1 aromatic rings. The molecule has 0 atom stereocenters. The molecule has 2 aliphatic rings. The quantitative estimate of drug-likeness (QED) is 0.715. The second kappa shape index (κ2) is 9.24. The van der Waals surface area contributed by atoms with Gasteiger partial charge < -0.3 is 23.8 Å². The lowest BCUT2D eigenvalue weighted by molar-refractivity contribution is -0.131. The van der Waals surface area contributed by atoms with E-state index in [2.05, 4.69) is 0 Å². The summed E-state index contributed by atoms with van der Waals surface area (Å²) in [7, 11) is 1.61. The molecule has 0 saturated carbocycles. The third-order valence-electron chi connectivity index (χ3n) is 4.85. The van der Waals surface area contributed by atoms with Crippen LogP contribution in [0.2, 0.25) is 0 Å². The van der Waals surface area contributed by atoms with Crippen LogP contribution in [-0.2, 0) is 14.3 Å². The molecule has 0 radical (unpaired) electrons. The van der Waals surface area contributed by atoms with E-state index < -0.39 is 0 Å². The van der Waals surface area contributed by atoms with Crippen LogP contribution >= 0.6 is 0 Å². The molecule has 2 fully saturated rings. The van der Waals surface area contributed by atoms with Crippen LogP contribution in [0.4, 0.5) is 0 Å². The predicted octanol–water partition coefficient (Wildman–Crippen LogP) is 3.11. The van der Waals surface area contributed by atoms with E-state index in [-0.39, 0.29) is 18.3 Å². The topological polar surface area (TPSA) is 57.2 Å². The van der Waals surface area contributed by atoms with Crippen LogP contribution in [0, 0.1) is 5.92 Å². The van der Waals surface area contributed by atoms with Gasteiger partial charge in [0.2, 0.25) is 5.91 Å². The number of amides is 1. The fourth-order valence-electron chi connectivity index (χ4n) is 3.45. The van der Waals surface area contributed by atoms with Crippen LogP contribution in [0.5, 0.6) is 11.5 Å². The molecule has 3 rings (SSSR count). The number of carbonyl (C=O) groups is 1. The van der Waals surface area contributed by atoms with Crippen LogP contribution in [0.1, 0.15) is 32.3 Å². The lowest BCUT2D eigenvalue weighted by Gasteiger charge is -2.33. The van der Waals surface area contributed by atoms with Crippen molar-refractivity contribution in [2.75, 3.05) is 33.4 Å². The first kappa shape index (κ1) is 19.7. The maximum absolute atomic E-state index is 12.5. The number of piperidine rings is 1. The van der Waals surface area contributed by atoms with Crippen molar-refractivity contribution in [3.05, 3.63) is 29.8 Å². The molecule has 6 nitrogen and oxygen atoms in total. The van der Waals surface area contributed by atoms with Gasteiger partial charge >= 0.3 is 0 Å². The number of methoxy groups -OCH3 is 1. The molecule has 0 bridgehead atoms. The Morgan fingerprint density at radius 2 is 1.89 bits per heavy atom. The number of nitrogens with zero attached hydrogens (tertiary/aromatic N) is 1. The molecule has 0 aromatic heterocycles. The van der Waals surface area contributed by atoms with E-state index in [0.717, 1.165) is 31.5 Å². The van der Waals surface area contributed by atoms with Crippen LogP contribution in [0.25, 0.3) is 6.08 Å². The van der Waals surface area contributed by atoms with E-state index in [4.69, 9.17) is 18.9 Å².